The Labute approximate surface area is 147 Å². The topological polar surface area (TPSA) is 95.6 Å². The molecule has 3 aromatic rings. The first kappa shape index (κ1) is 16.7. The molecule has 0 saturated heterocycles. The van der Waals surface area contributed by atoms with Gasteiger partial charge in [-0.2, -0.15) is 0 Å². The van der Waals surface area contributed by atoms with Gasteiger partial charge in [-0.05, 0) is 41.6 Å². The van der Waals surface area contributed by atoms with E-state index in [0.29, 0.717) is 11.4 Å². The second-order valence-corrected chi connectivity index (χ2v) is 5.31. The van der Waals surface area contributed by atoms with Crippen LogP contribution in [-0.4, -0.2) is 21.4 Å². The molecular weight excluding hydrogens is 349 g/mol. The fourth-order valence-corrected chi connectivity index (χ4v) is 2.22. The molecule has 3 rings (SSSR count). The molecule has 2 aromatic carbocycles. The summed E-state index contributed by atoms with van der Waals surface area (Å²) in [5, 5.41) is 25.8. The van der Waals surface area contributed by atoms with Crippen molar-refractivity contribution in [2.24, 2.45) is 5.16 Å². The zero-order valence-electron chi connectivity index (χ0n) is 12.7. The average molecular weight is 361 g/mol. The third kappa shape index (κ3) is 4.04. The highest BCUT2D eigenvalue weighted by Crippen LogP contribution is 2.20. The van der Waals surface area contributed by atoms with Gasteiger partial charge in [0, 0.05) is 11.4 Å². The maximum absolute atomic E-state index is 13.2. The van der Waals surface area contributed by atoms with E-state index in [1.165, 1.54) is 18.2 Å². The van der Waals surface area contributed by atoms with Crippen LogP contribution in [-0.2, 0) is 6.54 Å². The van der Waals surface area contributed by atoms with Gasteiger partial charge >= 0.3 is 0 Å². The summed E-state index contributed by atoms with van der Waals surface area (Å²) < 4.78 is 18.0. The number of nitrogens with one attached hydrogen (secondary N) is 2. The number of hydrogen-bond donors (Lipinski definition) is 3. The Hall–Kier alpha value is -3.13. The number of oxime groups is 1. The Kier molecular flexibility index (Phi) is 5.10. The maximum Gasteiger partial charge on any atom is 0.201 e. The number of rotatable bonds is 5. The first-order valence-corrected chi connectivity index (χ1v) is 7.51. The molecule has 1 heterocycles. The van der Waals surface area contributed by atoms with Gasteiger partial charge in [0.05, 0.1) is 11.6 Å². The monoisotopic (exact) mass is 360 g/mol. The normalized spacial score (nSPS) is 11.4. The van der Waals surface area contributed by atoms with Crippen LogP contribution >= 0.6 is 11.6 Å². The Morgan fingerprint density at radius 3 is 2.76 bits per heavy atom. The lowest BCUT2D eigenvalue weighted by atomic mass is 10.2. The standard InChI is InChI=1S/C16H12ClFN5O2/c17-12-8-11(6-7-13(12)18)20-16(21-24)15-14(22-25-23-15)9-19-10-4-2-1-3-5-10/h2-8,19,24H,9H2,(H,20,21). The molecule has 0 spiro atoms. The Morgan fingerprint density at radius 2 is 2.04 bits per heavy atom. The number of amidine groups is 1. The molecule has 0 aliphatic rings. The number of benzene rings is 2. The SMILES string of the molecule is ON=C(Nc1ccc(F)c(Cl)c1)c1nonc1CNc1cc[c]cc1. The van der Waals surface area contributed by atoms with Gasteiger partial charge in [-0.25, -0.2) is 9.02 Å². The minimum absolute atomic E-state index is 0.0119. The average Bonchev–Trinajstić information content (AvgIpc) is 3.10. The Bertz CT molecular complexity index is 885. The van der Waals surface area contributed by atoms with Crippen molar-refractivity contribution in [1.82, 2.24) is 10.3 Å². The molecule has 25 heavy (non-hydrogen) atoms. The van der Waals surface area contributed by atoms with Crippen molar-refractivity contribution in [2.75, 3.05) is 10.6 Å². The summed E-state index contributed by atoms with van der Waals surface area (Å²) in [5.41, 5.74) is 1.90. The molecule has 1 aromatic heterocycles. The molecule has 0 amide bonds. The highest BCUT2D eigenvalue weighted by atomic mass is 35.5. The van der Waals surface area contributed by atoms with Crippen LogP contribution in [0, 0.1) is 11.9 Å². The van der Waals surface area contributed by atoms with Crippen molar-refractivity contribution in [3.8, 4) is 0 Å². The lowest BCUT2D eigenvalue weighted by molar-refractivity contribution is 0.301. The maximum atomic E-state index is 13.2. The van der Waals surface area contributed by atoms with Crippen LogP contribution in [0.15, 0.2) is 52.2 Å². The third-order valence-electron chi connectivity index (χ3n) is 3.24. The lowest BCUT2D eigenvalue weighted by Crippen LogP contribution is -2.17. The zero-order chi connectivity index (χ0) is 17.6. The summed E-state index contributed by atoms with van der Waals surface area (Å²) in [6, 6.07) is 14.1. The second kappa shape index (κ2) is 7.63. The largest absolute Gasteiger partial charge is 0.409 e. The number of halogens is 2. The van der Waals surface area contributed by atoms with Gasteiger partial charge in [0.1, 0.15) is 11.5 Å². The Balaban J connectivity index is 1.75. The van der Waals surface area contributed by atoms with E-state index < -0.39 is 5.82 Å². The van der Waals surface area contributed by atoms with E-state index in [0.717, 1.165) is 5.69 Å². The molecule has 1 radical (unpaired) electrons. The van der Waals surface area contributed by atoms with Gasteiger partial charge in [-0.1, -0.05) is 34.0 Å². The van der Waals surface area contributed by atoms with Gasteiger partial charge in [0.15, 0.2) is 5.69 Å². The predicted octanol–water partition coefficient (Wildman–Crippen LogP) is 3.52. The highest BCUT2D eigenvalue weighted by molar-refractivity contribution is 6.31. The van der Waals surface area contributed by atoms with Crippen LogP contribution in [0.5, 0.6) is 0 Å². The summed E-state index contributed by atoms with van der Waals surface area (Å²) in [6.07, 6.45) is 0. The molecule has 0 fully saturated rings. The molecule has 0 bridgehead atoms. The molecule has 0 unspecified atom stereocenters. The van der Waals surface area contributed by atoms with Crippen molar-refractivity contribution < 1.29 is 14.2 Å². The zero-order valence-corrected chi connectivity index (χ0v) is 13.5. The van der Waals surface area contributed by atoms with Crippen molar-refractivity contribution in [3.05, 3.63) is 70.8 Å². The van der Waals surface area contributed by atoms with E-state index in [2.05, 4.69) is 32.2 Å². The number of hydrogen-bond acceptors (Lipinski definition) is 6. The molecule has 127 valence electrons. The quantitative estimate of drug-likeness (QED) is 0.279. The second-order valence-electron chi connectivity index (χ2n) is 4.90. The smallest absolute Gasteiger partial charge is 0.201 e. The molecule has 0 aliphatic carbocycles. The molecule has 9 heteroatoms. The summed E-state index contributed by atoms with van der Waals surface area (Å²) >= 11 is 5.74. The summed E-state index contributed by atoms with van der Waals surface area (Å²) in [5.74, 6) is -0.565. The van der Waals surface area contributed by atoms with Crippen molar-refractivity contribution in [2.45, 2.75) is 6.54 Å². The van der Waals surface area contributed by atoms with Crippen LogP contribution < -0.4 is 10.6 Å². The first-order valence-electron chi connectivity index (χ1n) is 7.13. The number of aromatic nitrogens is 2. The third-order valence-corrected chi connectivity index (χ3v) is 3.53. The fourth-order valence-electron chi connectivity index (χ4n) is 2.04. The summed E-state index contributed by atoms with van der Waals surface area (Å²) in [4.78, 5) is 0. The molecular formula is C16H12ClFN5O2. The van der Waals surface area contributed by atoms with Crippen molar-refractivity contribution >= 4 is 28.8 Å². The molecule has 0 aliphatic heterocycles. The minimum Gasteiger partial charge on any atom is -0.409 e. The predicted molar refractivity (Wildman–Crippen MR) is 90.3 cm³/mol. The summed E-state index contributed by atoms with van der Waals surface area (Å²) in [6.45, 7) is 0.285. The highest BCUT2D eigenvalue weighted by Gasteiger charge is 2.18. The van der Waals surface area contributed by atoms with Crippen LogP contribution in [0.25, 0.3) is 0 Å². The van der Waals surface area contributed by atoms with E-state index in [1.807, 2.05) is 12.1 Å². The first-order chi connectivity index (χ1) is 12.2. The Morgan fingerprint density at radius 1 is 1.24 bits per heavy atom. The van der Waals surface area contributed by atoms with E-state index in [9.17, 15) is 9.60 Å². The van der Waals surface area contributed by atoms with E-state index in [4.69, 9.17) is 16.2 Å². The number of anilines is 2. The van der Waals surface area contributed by atoms with Gasteiger partial charge in [0.2, 0.25) is 5.84 Å². The fraction of sp³-hybridized carbons (Fsp3) is 0.0625. The van der Waals surface area contributed by atoms with Gasteiger partial charge in [-0.15, -0.1) is 0 Å². The van der Waals surface area contributed by atoms with Gasteiger partial charge in [-0.3, -0.25) is 0 Å². The van der Waals surface area contributed by atoms with E-state index in [-0.39, 0.29) is 23.1 Å². The minimum atomic E-state index is -0.553. The van der Waals surface area contributed by atoms with Gasteiger partial charge in [0.25, 0.3) is 0 Å². The molecule has 3 N–H and O–H groups in total. The number of nitrogens with zero attached hydrogens (tertiary/aromatic N) is 3. The molecule has 0 atom stereocenters. The molecule has 7 nitrogen and oxygen atoms in total. The van der Waals surface area contributed by atoms with Crippen LogP contribution in [0.4, 0.5) is 15.8 Å². The van der Waals surface area contributed by atoms with E-state index >= 15 is 0 Å². The van der Waals surface area contributed by atoms with E-state index in [1.54, 1.807) is 12.1 Å². The lowest BCUT2D eigenvalue weighted by Gasteiger charge is -2.08. The van der Waals surface area contributed by atoms with Crippen molar-refractivity contribution in [3.63, 3.8) is 0 Å². The van der Waals surface area contributed by atoms with Gasteiger partial charge < -0.3 is 15.8 Å². The van der Waals surface area contributed by atoms with Crippen LogP contribution in [0.1, 0.15) is 11.4 Å². The summed E-state index contributed by atoms with van der Waals surface area (Å²) in [7, 11) is 0. The van der Waals surface area contributed by atoms with Crippen molar-refractivity contribution in [1.29, 1.82) is 0 Å². The van der Waals surface area contributed by atoms with Crippen LogP contribution in [0.3, 0.4) is 0 Å². The van der Waals surface area contributed by atoms with Crippen LogP contribution in [0.2, 0.25) is 5.02 Å². The molecule has 0 saturated carbocycles.